The molecule has 2 aromatic heterocycles. The molecule has 0 saturated heterocycles. The van der Waals surface area contributed by atoms with Crippen molar-refractivity contribution in [2.45, 2.75) is 6.92 Å². The monoisotopic (exact) mass is 161 g/mol. The number of ketones is 1. The third kappa shape index (κ3) is 0.972. The van der Waals surface area contributed by atoms with Gasteiger partial charge in [0.05, 0.1) is 0 Å². The molecule has 0 amide bonds. The second-order valence-electron chi connectivity index (χ2n) is 2.53. The number of carbonyl (C=O) groups is 1. The molecular formula is C8H7N3O. The van der Waals surface area contributed by atoms with Gasteiger partial charge in [0.1, 0.15) is 5.65 Å². The van der Waals surface area contributed by atoms with Crippen molar-refractivity contribution < 1.29 is 4.79 Å². The first-order valence-corrected chi connectivity index (χ1v) is 3.58. The lowest BCUT2D eigenvalue weighted by molar-refractivity contribution is 0.100. The Morgan fingerprint density at radius 1 is 1.58 bits per heavy atom. The van der Waals surface area contributed by atoms with E-state index in [1.54, 1.807) is 12.4 Å². The third-order valence-corrected chi connectivity index (χ3v) is 1.61. The summed E-state index contributed by atoms with van der Waals surface area (Å²) in [4.78, 5) is 21.7. The number of Topliss-reactive ketones (excluding diaryl/α,β-unsaturated/α-hetero) is 1. The zero-order valence-electron chi connectivity index (χ0n) is 6.53. The van der Waals surface area contributed by atoms with Crippen molar-refractivity contribution in [3.63, 3.8) is 0 Å². The van der Waals surface area contributed by atoms with E-state index in [2.05, 4.69) is 15.0 Å². The summed E-state index contributed by atoms with van der Waals surface area (Å²) in [7, 11) is 0. The summed E-state index contributed by atoms with van der Waals surface area (Å²) in [5.41, 5.74) is 0.704. The van der Waals surface area contributed by atoms with Crippen molar-refractivity contribution in [1.82, 2.24) is 15.0 Å². The largest absolute Gasteiger partial charge is 0.346 e. The van der Waals surface area contributed by atoms with Crippen LogP contribution in [0, 0.1) is 0 Å². The van der Waals surface area contributed by atoms with Crippen molar-refractivity contribution in [2.75, 3.05) is 0 Å². The molecule has 2 rings (SSSR count). The number of aromatic amines is 1. The number of hydrogen-bond donors (Lipinski definition) is 1. The standard InChI is InChI=1S/C8H7N3O/c1-5(12)7-10-4-6-2-3-9-8(6)11-7/h2-4H,1H3,(H,9,10,11). The molecule has 2 aromatic rings. The van der Waals surface area contributed by atoms with E-state index >= 15 is 0 Å². The highest BCUT2D eigenvalue weighted by molar-refractivity contribution is 5.91. The number of H-pyrrole nitrogens is 1. The van der Waals surface area contributed by atoms with Gasteiger partial charge in [0.25, 0.3) is 0 Å². The molecule has 60 valence electrons. The zero-order valence-corrected chi connectivity index (χ0v) is 6.53. The molecule has 4 heteroatoms. The Morgan fingerprint density at radius 3 is 3.17 bits per heavy atom. The van der Waals surface area contributed by atoms with Crippen molar-refractivity contribution in [2.24, 2.45) is 0 Å². The fraction of sp³-hybridized carbons (Fsp3) is 0.125. The van der Waals surface area contributed by atoms with Crippen LogP contribution in [0.1, 0.15) is 17.5 Å². The molecule has 0 aliphatic rings. The number of nitrogens with zero attached hydrogens (tertiary/aromatic N) is 2. The average molecular weight is 161 g/mol. The third-order valence-electron chi connectivity index (χ3n) is 1.61. The predicted molar refractivity (Wildman–Crippen MR) is 43.9 cm³/mol. The highest BCUT2D eigenvalue weighted by Crippen LogP contribution is 2.07. The molecule has 0 aromatic carbocycles. The number of fused-ring (bicyclic) bond motifs is 1. The molecule has 0 bridgehead atoms. The van der Waals surface area contributed by atoms with Crippen LogP contribution in [0.3, 0.4) is 0 Å². The van der Waals surface area contributed by atoms with Crippen LogP contribution in [0.2, 0.25) is 0 Å². The van der Waals surface area contributed by atoms with Gasteiger partial charge in [0.15, 0.2) is 11.6 Å². The molecule has 0 spiro atoms. The van der Waals surface area contributed by atoms with Crippen LogP contribution in [0.25, 0.3) is 11.0 Å². The van der Waals surface area contributed by atoms with Crippen LogP contribution in [-0.4, -0.2) is 20.7 Å². The second-order valence-corrected chi connectivity index (χ2v) is 2.53. The molecule has 0 radical (unpaired) electrons. The van der Waals surface area contributed by atoms with E-state index in [0.717, 1.165) is 5.39 Å². The summed E-state index contributed by atoms with van der Waals surface area (Å²) < 4.78 is 0. The van der Waals surface area contributed by atoms with Crippen LogP contribution in [-0.2, 0) is 0 Å². The zero-order chi connectivity index (χ0) is 8.55. The fourth-order valence-corrected chi connectivity index (χ4v) is 1.01. The summed E-state index contributed by atoms with van der Waals surface area (Å²) in [5, 5.41) is 0.917. The molecule has 4 nitrogen and oxygen atoms in total. The van der Waals surface area contributed by atoms with Gasteiger partial charge in [-0.2, -0.15) is 0 Å². The van der Waals surface area contributed by atoms with E-state index < -0.39 is 0 Å². The molecule has 0 aliphatic carbocycles. The van der Waals surface area contributed by atoms with E-state index in [1.807, 2.05) is 6.07 Å². The first kappa shape index (κ1) is 6.97. The molecule has 12 heavy (non-hydrogen) atoms. The maximum Gasteiger partial charge on any atom is 0.197 e. The predicted octanol–water partition coefficient (Wildman–Crippen LogP) is 1.16. The lowest BCUT2D eigenvalue weighted by Crippen LogP contribution is -1.99. The second kappa shape index (κ2) is 2.41. The summed E-state index contributed by atoms with van der Waals surface area (Å²) in [6.07, 6.45) is 3.40. The number of nitrogens with one attached hydrogen (secondary N) is 1. The highest BCUT2D eigenvalue weighted by atomic mass is 16.1. The fourth-order valence-electron chi connectivity index (χ4n) is 1.01. The molecule has 0 atom stereocenters. The van der Waals surface area contributed by atoms with Crippen molar-refractivity contribution in [1.29, 1.82) is 0 Å². The van der Waals surface area contributed by atoms with Crippen LogP contribution in [0.4, 0.5) is 0 Å². The molecule has 0 unspecified atom stereocenters. The van der Waals surface area contributed by atoms with Gasteiger partial charge in [-0.3, -0.25) is 4.79 Å². The Balaban J connectivity index is 2.68. The molecule has 0 aliphatic heterocycles. The van der Waals surface area contributed by atoms with Gasteiger partial charge >= 0.3 is 0 Å². The smallest absolute Gasteiger partial charge is 0.197 e. The van der Waals surface area contributed by atoms with Gasteiger partial charge in [-0.25, -0.2) is 9.97 Å². The molecule has 1 N–H and O–H groups in total. The Kier molecular flexibility index (Phi) is 1.40. The first-order chi connectivity index (χ1) is 5.77. The van der Waals surface area contributed by atoms with Gasteiger partial charge in [-0.1, -0.05) is 0 Å². The minimum atomic E-state index is -0.119. The van der Waals surface area contributed by atoms with Crippen molar-refractivity contribution >= 4 is 16.8 Å². The van der Waals surface area contributed by atoms with Crippen molar-refractivity contribution in [3.05, 3.63) is 24.3 Å². The molecule has 2 heterocycles. The summed E-state index contributed by atoms with van der Waals surface area (Å²) >= 11 is 0. The number of rotatable bonds is 1. The van der Waals surface area contributed by atoms with Gasteiger partial charge in [0, 0.05) is 24.7 Å². The summed E-state index contributed by atoms with van der Waals surface area (Å²) in [6.45, 7) is 1.45. The maximum absolute atomic E-state index is 10.9. The first-order valence-electron chi connectivity index (χ1n) is 3.58. The SMILES string of the molecule is CC(=O)c1ncc2cc[nH]c2n1. The van der Waals surface area contributed by atoms with Gasteiger partial charge in [-0.05, 0) is 6.07 Å². The summed E-state index contributed by atoms with van der Waals surface area (Å²) in [6, 6.07) is 1.86. The number of aromatic nitrogens is 3. The van der Waals surface area contributed by atoms with E-state index in [1.165, 1.54) is 6.92 Å². The van der Waals surface area contributed by atoms with E-state index in [4.69, 9.17) is 0 Å². The topological polar surface area (TPSA) is 58.6 Å². The normalized spacial score (nSPS) is 10.4. The van der Waals surface area contributed by atoms with E-state index in [0.29, 0.717) is 5.65 Å². The van der Waals surface area contributed by atoms with Gasteiger partial charge in [0.2, 0.25) is 0 Å². The maximum atomic E-state index is 10.9. The van der Waals surface area contributed by atoms with Crippen LogP contribution in [0.5, 0.6) is 0 Å². The van der Waals surface area contributed by atoms with Gasteiger partial charge < -0.3 is 4.98 Å². The Bertz CT molecular complexity index is 433. The highest BCUT2D eigenvalue weighted by Gasteiger charge is 2.03. The van der Waals surface area contributed by atoms with Gasteiger partial charge in [-0.15, -0.1) is 0 Å². The van der Waals surface area contributed by atoms with E-state index in [9.17, 15) is 4.79 Å². The Morgan fingerprint density at radius 2 is 2.42 bits per heavy atom. The summed E-state index contributed by atoms with van der Waals surface area (Å²) in [5.74, 6) is 0.136. The van der Waals surface area contributed by atoms with E-state index in [-0.39, 0.29) is 11.6 Å². The lowest BCUT2D eigenvalue weighted by atomic mass is 10.4. The van der Waals surface area contributed by atoms with Crippen LogP contribution < -0.4 is 0 Å². The average Bonchev–Trinajstić information content (AvgIpc) is 2.49. The Hall–Kier alpha value is -1.71. The van der Waals surface area contributed by atoms with Crippen LogP contribution >= 0.6 is 0 Å². The number of carbonyl (C=O) groups excluding carboxylic acids is 1. The molecule has 0 fully saturated rings. The Labute approximate surface area is 68.7 Å². The lowest BCUT2D eigenvalue weighted by Gasteiger charge is -1.92. The number of hydrogen-bond acceptors (Lipinski definition) is 3. The quantitative estimate of drug-likeness (QED) is 0.638. The molecule has 0 saturated carbocycles. The minimum Gasteiger partial charge on any atom is -0.346 e. The van der Waals surface area contributed by atoms with Crippen molar-refractivity contribution in [3.8, 4) is 0 Å². The molecular weight excluding hydrogens is 154 g/mol. The minimum absolute atomic E-state index is 0.119. The van der Waals surface area contributed by atoms with Crippen LogP contribution in [0.15, 0.2) is 18.5 Å².